The minimum Gasteiger partial charge on any atom is -0.497 e. The predicted molar refractivity (Wildman–Crippen MR) is 97.0 cm³/mol. The molecular formula is C19H23N3O4. The molecule has 2 aliphatic heterocycles. The lowest BCUT2D eigenvalue weighted by Crippen LogP contribution is -2.48. The van der Waals surface area contributed by atoms with Gasteiger partial charge in [-0.2, -0.15) is 0 Å². The van der Waals surface area contributed by atoms with Crippen molar-refractivity contribution >= 4 is 11.9 Å². The largest absolute Gasteiger partial charge is 0.497 e. The first-order chi connectivity index (χ1) is 12.5. The maximum atomic E-state index is 13.1. The van der Waals surface area contributed by atoms with Crippen molar-refractivity contribution in [1.29, 1.82) is 0 Å². The lowest BCUT2D eigenvalue weighted by Gasteiger charge is -2.33. The molecule has 3 amide bonds. The van der Waals surface area contributed by atoms with E-state index in [0.29, 0.717) is 35.9 Å². The van der Waals surface area contributed by atoms with Crippen LogP contribution in [0.1, 0.15) is 24.9 Å². The molecule has 1 aromatic carbocycles. The van der Waals surface area contributed by atoms with E-state index in [1.165, 1.54) is 0 Å². The van der Waals surface area contributed by atoms with Gasteiger partial charge in [-0.3, -0.25) is 4.79 Å². The third-order valence-electron chi connectivity index (χ3n) is 4.55. The van der Waals surface area contributed by atoms with Crippen molar-refractivity contribution in [3.63, 3.8) is 0 Å². The number of urea groups is 1. The summed E-state index contributed by atoms with van der Waals surface area (Å²) in [6, 6.07) is 4.43. The summed E-state index contributed by atoms with van der Waals surface area (Å²) >= 11 is 0. The molecule has 1 unspecified atom stereocenters. The van der Waals surface area contributed by atoms with Crippen LogP contribution in [0.4, 0.5) is 4.79 Å². The van der Waals surface area contributed by atoms with Gasteiger partial charge in [-0.25, -0.2) is 4.79 Å². The van der Waals surface area contributed by atoms with E-state index in [1.807, 2.05) is 6.08 Å². The fourth-order valence-corrected chi connectivity index (χ4v) is 3.22. The molecule has 2 aliphatic rings. The zero-order valence-electron chi connectivity index (χ0n) is 15.2. The highest BCUT2D eigenvalue weighted by Crippen LogP contribution is 2.33. The number of carbonyl (C=O) groups is 2. The molecule has 2 N–H and O–H groups in total. The molecule has 0 saturated carbocycles. The Kier molecular flexibility index (Phi) is 5.16. The fraction of sp³-hybridized carbons (Fsp3) is 0.368. The topological polar surface area (TPSA) is 79.9 Å². The highest BCUT2D eigenvalue weighted by atomic mass is 16.5. The van der Waals surface area contributed by atoms with Crippen LogP contribution in [-0.4, -0.2) is 44.1 Å². The van der Waals surface area contributed by atoms with Crippen LogP contribution < -0.4 is 20.1 Å². The van der Waals surface area contributed by atoms with E-state index in [1.54, 1.807) is 44.2 Å². The summed E-state index contributed by atoms with van der Waals surface area (Å²) in [6.45, 7) is 2.97. The molecule has 0 radical (unpaired) electrons. The summed E-state index contributed by atoms with van der Waals surface area (Å²) in [7, 11) is 3.12. The molecular weight excluding hydrogens is 334 g/mol. The van der Waals surface area contributed by atoms with E-state index >= 15 is 0 Å². The summed E-state index contributed by atoms with van der Waals surface area (Å²) in [5.74, 6) is 1.10. The predicted octanol–water partition coefficient (Wildman–Crippen LogP) is 2.12. The van der Waals surface area contributed by atoms with Crippen molar-refractivity contribution in [1.82, 2.24) is 15.5 Å². The molecule has 138 valence electrons. The Bertz CT molecular complexity index is 763. The highest BCUT2D eigenvalue weighted by molar-refractivity contribution is 5.98. The molecule has 7 heteroatoms. The zero-order valence-corrected chi connectivity index (χ0v) is 15.2. The Morgan fingerprint density at radius 3 is 2.42 bits per heavy atom. The van der Waals surface area contributed by atoms with E-state index in [9.17, 15) is 9.59 Å². The smallest absolute Gasteiger partial charge is 0.319 e. The first-order valence-corrected chi connectivity index (χ1v) is 8.49. The molecule has 1 aromatic rings. The standard InChI is InChI=1S/C19H23N3O4/c1-12-16(18(23)22-7-5-4-6-8-22)17(21-19(24)20-12)13-9-14(25-2)11-15(10-13)26-3/h4-5,9-11,17H,6-8H2,1-3H3,(H2,20,21,24). The van der Waals surface area contributed by atoms with E-state index < -0.39 is 6.04 Å². The number of carbonyl (C=O) groups excluding carboxylic acids is 2. The average molecular weight is 357 g/mol. The molecule has 0 aliphatic carbocycles. The molecule has 0 bridgehead atoms. The van der Waals surface area contributed by atoms with Gasteiger partial charge in [0.15, 0.2) is 0 Å². The number of hydrogen-bond acceptors (Lipinski definition) is 4. The third kappa shape index (κ3) is 3.51. The van der Waals surface area contributed by atoms with Gasteiger partial charge in [0.05, 0.1) is 25.8 Å². The summed E-state index contributed by atoms with van der Waals surface area (Å²) in [4.78, 5) is 27.0. The Balaban J connectivity index is 2.03. The van der Waals surface area contributed by atoms with Crippen molar-refractivity contribution < 1.29 is 19.1 Å². The van der Waals surface area contributed by atoms with E-state index in [0.717, 1.165) is 12.0 Å². The monoisotopic (exact) mass is 357 g/mol. The SMILES string of the molecule is COc1cc(OC)cc(C2NC(=O)NC(C)=C2C(=O)N2CC=CCC2)c1. The number of amides is 3. The van der Waals surface area contributed by atoms with Gasteiger partial charge >= 0.3 is 6.03 Å². The second kappa shape index (κ2) is 7.51. The van der Waals surface area contributed by atoms with E-state index in [4.69, 9.17) is 9.47 Å². The van der Waals surface area contributed by atoms with Crippen LogP contribution in [0.25, 0.3) is 0 Å². The van der Waals surface area contributed by atoms with Gasteiger partial charge in [0, 0.05) is 24.9 Å². The maximum Gasteiger partial charge on any atom is 0.319 e. The summed E-state index contributed by atoms with van der Waals surface area (Å²) in [5, 5.41) is 5.56. The van der Waals surface area contributed by atoms with Crippen molar-refractivity contribution in [3.05, 3.63) is 47.2 Å². The highest BCUT2D eigenvalue weighted by Gasteiger charge is 2.34. The number of hydrogen-bond donors (Lipinski definition) is 2. The molecule has 0 spiro atoms. The quantitative estimate of drug-likeness (QED) is 0.809. The van der Waals surface area contributed by atoms with Gasteiger partial charge in [-0.05, 0) is 31.0 Å². The number of methoxy groups -OCH3 is 2. The van der Waals surface area contributed by atoms with Gasteiger partial charge in [-0.1, -0.05) is 12.2 Å². The van der Waals surface area contributed by atoms with Crippen LogP contribution in [-0.2, 0) is 4.79 Å². The maximum absolute atomic E-state index is 13.1. The lowest BCUT2D eigenvalue weighted by atomic mass is 9.93. The lowest BCUT2D eigenvalue weighted by molar-refractivity contribution is -0.127. The minimum atomic E-state index is -0.578. The molecule has 3 rings (SSSR count). The normalized spacial score (nSPS) is 19.7. The Hall–Kier alpha value is -2.96. The Labute approximate surface area is 152 Å². The van der Waals surface area contributed by atoms with E-state index in [2.05, 4.69) is 16.7 Å². The van der Waals surface area contributed by atoms with Crippen LogP contribution in [0.3, 0.4) is 0 Å². The Morgan fingerprint density at radius 1 is 1.15 bits per heavy atom. The summed E-state index contributed by atoms with van der Waals surface area (Å²) < 4.78 is 10.7. The Morgan fingerprint density at radius 2 is 1.85 bits per heavy atom. The number of allylic oxidation sites excluding steroid dienone is 1. The summed E-state index contributed by atoms with van der Waals surface area (Å²) in [5.41, 5.74) is 1.81. The second-order valence-electron chi connectivity index (χ2n) is 6.23. The average Bonchev–Trinajstić information content (AvgIpc) is 2.67. The van der Waals surface area contributed by atoms with Gasteiger partial charge in [0.25, 0.3) is 5.91 Å². The minimum absolute atomic E-state index is 0.0915. The van der Waals surface area contributed by atoms with Crippen LogP contribution in [0.15, 0.2) is 41.6 Å². The van der Waals surface area contributed by atoms with Crippen LogP contribution in [0, 0.1) is 0 Å². The number of benzene rings is 1. The van der Waals surface area contributed by atoms with Crippen molar-refractivity contribution in [3.8, 4) is 11.5 Å². The molecule has 26 heavy (non-hydrogen) atoms. The van der Waals surface area contributed by atoms with Gasteiger partial charge in [0.1, 0.15) is 11.5 Å². The first kappa shape index (κ1) is 17.8. The first-order valence-electron chi connectivity index (χ1n) is 8.49. The molecule has 7 nitrogen and oxygen atoms in total. The zero-order chi connectivity index (χ0) is 18.7. The number of nitrogens with one attached hydrogen (secondary N) is 2. The van der Waals surface area contributed by atoms with Crippen LogP contribution >= 0.6 is 0 Å². The van der Waals surface area contributed by atoms with Gasteiger partial charge in [0.2, 0.25) is 0 Å². The van der Waals surface area contributed by atoms with Gasteiger partial charge < -0.3 is 25.0 Å². The molecule has 1 atom stereocenters. The van der Waals surface area contributed by atoms with Crippen LogP contribution in [0.5, 0.6) is 11.5 Å². The molecule has 2 heterocycles. The third-order valence-corrected chi connectivity index (χ3v) is 4.55. The molecule has 0 saturated heterocycles. The van der Waals surface area contributed by atoms with Crippen molar-refractivity contribution in [2.24, 2.45) is 0 Å². The molecule has 0 fully saturated rings. The number of rotatable bonds is 4. The van der Waals surface area contributed by atoms with Crippen molar-refractivity contribution in [2.45, 2.75) is 19.4 Å². The number of ether oxygens (including phenoxy) is 2. The number of nitrogens with zero attached hydrogens (tertiary/aromatic N) is 1. The van der Waals surface area contributed by atoms with Crippen LogP contribution in [0.2, 0.25) is 0 Å². The fourth-order valence-electron chi connectivity index (χ4n) is 3.22. The van der Waals surface area contributed by atoms with Gasteiger partial charge in [-0.15, -0.1) is 0 Å². The summed E-state index contributed by atoms with van der Waals surface area (Å²) in [6.07, 6.45) is 4.88. The van der Waals surface area contributed by atoms with Crippen molar-refractivity contribution in [2.75, 3.05) is 27.3 Å². The second-order valence-corrected chi connectivity index (χ2v) is 6.23. The van der Waals surface area contributed by atoms with E-state index in [-0.39, 0.29) is 11.9 Å². The molecule has 0 aromatic heterocycles.